The zero-order valence-electron chi connectivity index (χ0n) is 10.7. The third-order valence-electron chi connectivity index (χ3n) is 4.41. The number of hydrogen-bond acceptors (Lipinski definition) is 3. The van der Waals surface area contributed by atoms with Crippen molar-refractivity contribution in [1.29, 1.82) is 0 Å². The molecule has 6 heteroatoms. The number of fused-ring (bicyclic) bond motifs is 1. The van der Waals surface area contributed by atoms with E-state index in [1.807, 2.05) is 0 Å². The summed E-state index contributed by atoms with van der Waals surface area (Å²) < 4.78 is 25.7. The Morgan fingerprint density at radius 2 is 1.83 bits per heavy atom. The lowest BCUT2D eigenvalue weighted by molar-refractivity contribution is -0.136. The molecule has 0 aromatic carbocycles. The van der Waals surface area contributed by atoms with Gasteiger partial charge < -0.3 is 5.11 Å². The van der Waals surface area contributed by atoms with Gasteiger partial charge in [-0.3, -0.25) is 4.79 Å². The lowest BCUT2D eigenvalue weighted by Gasteiger charge is -2.41. The van der Waals surface area contributed by atoms with E-state index in [2.05, 4.69) is 0 Å². The van der Waals surface area contributed by atoms with Crippen LogP contribution in [0, 0.1) is 11.8 Å². The van der Waals surface area contributed by atoms with Crippen LogP contribution in [0.2, 0.25) is 0 Å². The fourth-order valence-corrected chi connectivity index (χ4v) is 4.61. The number of hydrogen-bond donors (Lipinski definition) is 1. The molecule has 2 aliphatic rings. The summed E-state index contributed by atoms with van der Waals surface area (Å²) >= 11 is 0. The fraction of sp³-hybridized carbons (Fsp3) is 0.917. The Morgan fingerprint density at radius 1 is 1.22 bits per heavy atom. The molecule has 0 aromatic rings. The predicted molar refractivity (Wildman–Crippen MR) is 67.7 cm³/mol. The van der Waals surface area contributed by atoms with Crippen molar-refractivity contribution in [2.75, 3.05) is 13.1 Å². The molecule has 5 nitrogen and oxygen atoms in total. The van der Waals surface area contributed by atoms with Crippen LogP contribution in [-0.2, 0) is 14.8 Å². The molecule has 3 unspecified atom stereocenters. The van der Waals surface area contributed by atoms with Crippen molar-refractivity contribution in [3.8, 4) is 0 Å². The molecule has 2 rings (SSSR count). The van der Waals surface area contributed by atoms with Crippen molar-refractivity contribution in [2.45, 2.75) is 44.3 Å². The predicted octanol–water partition coefficient (Wildman–Crippen LogP) is 1.30. The average Bonchev–Trinajstić information content (AvgIpc) is 2.37. The smallest absolute Gasteiger partial charge is 0.323 e. The quantitative estimate of drug-likeness (QED) is 0.842. The minimum absolute atomic E-state index is 0.434. The molecule has 0 bridgehead atoms. The molecule has 1 saturated carbocycles. The van der Waals surface area contributed by atoms with E-state index in [9.17, 15) is 13.2 Å². The van der Waals surface area contributed by atoms with Crippen LogP contribution >= 0.6 is 0 Å². The van der Waals surface area contributed by atoms with Crippen molar-refractivity contribution in [2.24, 2.45) is 11.8 Å². The highest BCUT2D eigenvalue weighted by atomic mass is 32.2. The number of piperidine rings is 1. The van der Waals surface area contributed by atoms with E-state index in [-0.39, 0.29) is 0 Å². The van der Waals surface area contributed by atoms with Gasteiger partial charge in [-0.15, -0.1) is 0 Å². The van der Waals surface area contributed by atoms with Gasteiger partial charge in [-0.2, -0.15) is 0 Å². The van der Waals surface area contributed by atoms with E-state index >= 15 is 0 Å². The summed E-state index contributed by atoms with van der Waals surface area (Å²) in [5.74, 6) is -0.186. The zero-order valence-corrected chi connectivity index (χ0v) is 11.5. The molecule has 1 aliphatic carbocycles. The highest BCUT2D eigenvalue weighted by Crippen LogP contribution is 2.37. The Kier molecular flexibility index (Phi) is 3.96. The summed E-state index contributed by atoms with van der Waals surface area (Å²) in [4.78, 5) is 10.9. The molecule has 1 saturated heterocycles. The van der Waals surface area contributed by atoms with Gasteiger partial charge in [-0.1, -0.05) is 19.3 Å². The fourth-order valence-electron chi connectivity index (χ4n) is 3.15. The van der Waals surface area contributed by atoms with E-state index in [1.54, 1.807) is 0 Å². The van der Waals surface area contributed by atoms with Crippen molar-refractivity contribution >= 4 is 16.0 Å². The van der Waals surface area contributed by atoms with E-state index in [4.69, 9.17) is 5.11 Å². The van der Waals surface area contributed by atoms with Crippen LogP contribution in [-0.4, -0.2) is 42.1 Å². The van der Waals surface area contributed by atoms with Gasteiger partial charge >= 0.3 is 5.97 Å². The number of aliphatic carboxylic acids is 1. The Labute approximate surface area is 108 Å². The number of rotatable bonds is 3. The summed E-state index contributed by atoms with van der Waals surface area (Å²) in [5.41, 5.74) is 0. The lowest BCUT2D eigenvalue weighted by Crippen LogP contribution is -2.48. The summed E-state index contributed by atoms with van der Waals surface area (Å²) in [6.45, 7) is 2.26. The lowest BCUT2D eigenvalue weighted by atomic mass is 9.76. The molecule has 1 N–H and O–H groups in total. The number of carbonyl (C=O) groups is 1. The van der Waals surface area contributed by atoms with Crippen LogP contribution in [0.5, 0.6) is 0 Å². The van der Waals surface area contributed by atoms with Crippen LogP contribution in [0.1, 0.15) is 39.0 Å². The molecule has 0 amide bonds. The molecule has 3 atom stereocenters. The maximum Gasteiger partial charge on any atom is 0.323 e. The first-order valence-corrected chi connectivity index (χ1v) is 8.15. The molecule has 2 fully saturated rings. The number of nitrogens with zero attached hydrogens (tertiary/aromatic N) is 1. The third-order valence-corrected chi connectivity index (χ3v) is 6.56. The van der Waals surface area contributed by atoms with Gasteiger partial charge in [0.2, 0.25) is 10.0 Å². The Hall–Kier alpha value is -0.620. The average molecular weight is 275 g/mol. The standard InChI is InChI=1S/C12H21NO4S/c1-9(12(14)15)18(16,17)13-7-6-10-4-2-3-5-11(10)8-13/h9-11H,2-8H2,1H3,(H,14,15). The molecule has 1 heterocycles. The summed E-state index contributed by atoms with van der Waals surface area (Å²) in [5, 5.41) is 7.54. The van der Waals surface area contributed by atoms with E-state index < -0.39 is 21.2 Å². The van der Waals surface area contributed by atoms with E-state index in [1.165, 1.54) is 30.5 Å². The van der Waals surface area contributed by atoms with Gasteiger partial charge in [0.05, 0.1) is 0 Å². The van der Waals surface area contributed by atoms with Crippen molar-refractivity contribution in [3.63, 3.8) is 0 Å². The highest BCUT2D eigenvalue weighted by Gasteiger charge is 2.40. The summed E-state index contributed by atoms with van der Waals surface area (Å²) in [6, 6.07) is 0. The van der Waals surface area contributed by atoms with Crippen LogP contribution in [0.15, 0.2) is 0 Å². The molecular formula is C12H21NO4S. The molecule has 0 spiro atoms. The van der Waals surface area contributed by atoms with E-state index in [0.29, 0.717) is 24.9 Å². The van der Waals surface area contributed by atoms with Gasteiger partial charge in [-0.05, 0) is 31.6 Å². The third kappa shape index (κ3) is 2.54. The van der Waals surface area contributed by atoms with Crippen LogP contribution in [0.3, 0.4) is 0 Å². The van der Waals surface area contributed by atoms with Crippen molar-refractivity contribution < 1.29 is 18.3 Å². The topological polar surface area (TPSA) is 74.7 Å². The van der Waals surface area contributed by atoms with Crippen LogP contribution in [0.25, 0.3) is 0 Å². The first-order valence-electron chi connectivity index (χ1n) is 6.64. The van der Waals surface area contributed by atoms with Gasteiger partial charge in [-0.25, -0.2) is 12.7 Å². The van der Waals surface area contributed by atoms with Crippen molar-refractivity contribution in [3.05, 3.63) is 0 Å². The molecular weight excluding hydrogens is 254 g/mol. The largest absolute Gasteiger partial charge is 0.480 e. The summed E-state index contributed by atoms with van der Waals surface area (Å²) in [6.07, 6.45) is 5.59. The maximum atomic E-state index is 12.1. The van der Waals surface area contributed by atoms with Crippen LogP contribution in [0.4, 0.5) is 0 Å². The van der Waals surface area contributed by atoms with Crippen molar-refractivity contribution in [1.82, 2.24) is 4.31 Å². The minimum Gasteiger partial charge on any atom is -0.480 e. The highest BCUT2D eigenvalue weighted by molar-refractivity contribution is 7.90. The van der Waals surface area contributed by atoms with E-state index in [0.717, 1.165) is 12.8 Å². The molecule has 1 aliphatic heterocycles. The number of sulfonamides is 1. The second-order valence-electron chi connectivity index (χ2n) is 5.48. The molecule has 0 aromatic heterocycles. The van der Waals surface area contributed by atoms with Gasteiger partial charge in [0.1, 0.15) is 0 Å². The maximum absolute atomic E-state index is 12.1. The zero-order chi connectivity index (χ0) is 13.3. The minimum atomic E-state index is -3.68. The second-order valence-corrected chi connectivity index (χ2v) is 7.73. The van der Waals surface area contributed by atoms with Crippen LogP contribution < -0.4 is 0 Å². The molecule has 0 radical (unpaired) electrons. The van der Waals surface area contributed by atoms with Gasteiger partial charge in [0, 0.05) is 13.1 Å². The molecule has 18 heavy (non-hydrogen) atoms. The summed E-state index contributed by atoms with van der Waals surface area (Å²) in [7, 11) is -3.68. The number of carboxylic acid groups (broad SMARTS) is 1. The molecule has 104 valence electrons. The SMILES string of the molecule is CC(C(=O)O)S(=O)(=O)N1CCC2CCCCC2C1. The normalized spacial score (nSPS) is 31.6. The Bertz CT molecular complexity index is 420. The second kappa shape index (κ2) is 5.17. The Balaban J connectivity index is 2.08. The van der Waals surface area contributed by atoms with Gasteiger partial charge in [0.15, 0.2) is 5.25 Å². The Morgan fingerprint density at radius 3 is 2.44 bits per heavy atom. The number of carboxylic acids is 1. The first kappa shape index (κ1) is 13.8. The van der Waals surface area contributed by atoms with Gasteiger partial charge in [0.25, 0.3) is 0 Å². The monoisotopic (exact) mass is 275 g/mol. The first-order chi connectivity index (χ1) is 8.43.